The molecule has 0 saturated heterocycles. The predicted octanol–water partition coefficient (Wildman–Crippen LogP) is 4.63. The molecule has 100 valence electrons. The maximum atomic E-state index is 11.2. The summed E-state index contributed by atoms with van der Waals surface area (Å²) in [6.07, 6.45) is 4.31. The van der Waals surface area contributed by atoms with Crippen LogP contribution in [0.2, 0.25) is 0 Å². The van der Waals surface area contributed by atoms with Crippen molar-refractivity contribution in [2.45, 2.75) is 45.1 Å². The molecule has 0 heterocycles. The van der Waals surface area contributed by atoms with E-state index < -0.39 is 5.60 Å². The van der Waals surface area contributed by atoms with Crippen LogP contribution in [0.4, 0.5) is 0 Å². The van der Waals surface area contributed by atoms with E-state index in [0.717, 1.165) is 24.8 Å². The second-order valence-corrected chi connectivity index (χ2v) is 6.51. The predicted molar refractivity (Wildman–Crippen MR) is 80.1 cm³/mol. The molecule has 1 N–H and O–H groups in total. The van der Waals surface area contributed by atoms with Gasteiger partial charge in [0.1, 0.15) is 0 Å². The zero-order valence-corrected chi connectivity index (χ0v) is 11.8. The minimum atomic E-state index is -0.685. The summed E-state index contributed by atoms with van der Waals surface area (Å²) in [4.78, 5) is 0. The van der Waals surface area contributed by atoms with Crippen LogP contribution >= 0.6 is 0 Å². The van der Waals surface area contributed by atoms with E-state index in [1.807, 2.05) is 0 Å². The van der Waals surface area contributed by atoms with Crippen molar-refractivity contribution < 1.29 is 5.11 Å². The van der Waals surface area contributed by atoms with Gasteiger partial charge in [-0.1, -0.05) is 63.1 Å². The maximum absolute atomic E-state index is 11.2. The Morgan fingerprint density at radius 1 is 0.895 bits per heavy atom. The fourth-order valence-electron chi connectivity index (χ4n) is 3.47. The van der Waals surface area contributed by atoms with Crippen molar-refractivity contribution in [3.63, 3.8) is 0 Å². The summed E-state index contributed by atoms with van der Waals surface area (Å²) in [6, 6.07) is 14.8. The Balaban J connectivity index is 2.12. The van der Waals surface area contributed by atoms with E-state index in [1.165, 1.54) is 17.2 Å². The highest BCUT2D eigenvalue weighted by atomic mass is 16.3. The fraction of sp³-hybridized carbons (Fsp3) is 0.444. The van der Waals surface area contributed by atoms with Crippen molar-refractivity contribution in [1.82, 2.24) is 0 Å². The average Bonchev–Trinajstić information content (AvgIpc) is 2.41. The highest BCUT2D eigenvalue weighted by molar-refractivity contribution is 5.83. The van der Waals surface area contributed by atoms with Gasteiger partial charge in [-0.25, -0.2) is 0 Å². The smallest absolute Gasteiger partial charge is 0.0947 e. The Kier molecular flexibility index (Phi) is 2.90. The lowest BCUT2D eigenvalue weighted by Crippen LogP contribution is -2.44. The van der Waals surface area contributed by atoms with Crippen LogP contribution in [0, 0.1) is 5.41 Å². The van der Waals surface area contributed by atoms with Gasteiger partial charge in [0.2, 0.25) is 0 Å². The standard InChI is InChI=1S/C18H22O/c1-17(2)11-5-6-12-18(17,19)16-10-9-14-7-3-4-8-15(14)13-16/h3-4,7-10,13,19H,5-6,11-12H2,1-2H3. The molecule has 1 heteroatoms. The molecule has 1 atom stereocenters. The van der Waals surface area contributed by atoms with Crippen LogP contribution in [0.15, 0.2) is 42.5 Å². The number of hydrogen-bond donors (Lipinski definition) is 1. The molecule has 1 fully saturated rings. The molecule has 0 aliphatic heterocycles. The second-order valence-electron chi connectivity index (χ2n) is 6.51. The summed E-state index contributed by atoms with van der Waals surface area (Å²) in [7, 11) is 0. The zero-order valence-electron chi connectivity index (χ0n) is 11.8. The Bertz CT molecular complexity index is 599. The van der Waals surface area contributed by atoms with E-state index in [4.69, 9.17) is 0 Å². The maximum Gasteiger partial charge on any atom is 0.0947 e. The van der Waals surface area contributed by atoms with Crippen molar-refractivity contribution in [1.29, 1.82) is 0 Å². The Morgan fingerprint density at radius 2 is 1.58 bits per heavy atom. The number of fused-ring (bicyclic) bond motifs is 1. The molecule has 1 aliphatic rings. The quantitative estimate of drug-likeness (QED) is 0.786. The molecular formula is C18H22O. The Labute approximate surface area is 115 Å². The first-order valence-corrected chi connectivity index (χ1v) is 7.25. The summed E-state index contributed by atoms with van der Waals surface area (Å²) in [5.41, 5.74) is 0.346. The summed E-state index contributed by atoms with van der Waals surface area (Å²) in [5.74, 6) is 0. The average molecular weight is 254 g/mol. The van der Waals surface area contributed by atoms with Gasteiger partial charge in [0.05, 0.1) is 5.60 Å². The van der Waals surface area contributed by atoms with Crippen LogP contribution in [0.5, 0.6) is 0 Å². The first-order valence-electron chi connectivity index (χ1n) is 7.25. The lowest BCUT2D eigenvalue weighted by Gasteiger charge is -2.47. The van der Waals surface area contributed by atoms with E-state index in [-0.39, 0.29) is 5.41 Å². The lowest BCUT2D eigenvalue weighted by atomic mass is 9.62. The van der Waals surface area contributed by atoms with Crippen molar-refractivity contribution >= 4 is 10.8 Å². The fourth-order valence-corrected chi connectivity index (χ4v) is 3.47. The minimum absolute atomic E-state index is 0.0479. The molecule has 0 radical (unpaired) electrons. The van der Waals surface area contributed by atoms with Gasteiger partial charge in [-0.05, 0) is 40.7 Å². The van der Waals surface area contributed by atoms with Crippen molar-refractivity contribution in [3.8, 4) is 0 Å². The van der Waals surface area contributed by atoms with Gasteiger partial charge in [-0.2, -0.15) is 0 Å². The van der Waals surface area contributed by atoms with Gasteiger partial charge in [0.25, 0.3) is 0 Å². The summed E-state index contributed by atoms with van der Waals surface area (Å²) in [5, 5.41) is 13.7. The molecule has 1 aliphatic carbocycles. The number of benzene rings is 2. The summed E-state index contributed by atoms with van der Waals surface area (Å²) < 4.78 is 0. The summed E-state index contributed by atoms with van der Waals surface area (Å²) >= 11 is 0. The van der Waals surface area contributed by atoms with Crippen LogP contribution < -0.4 is 0 Å². The van der Waals surface area contributed by atoms with Gasteiger partial charge in [0.15, 0.2) is 0 Å². The van der Waals surface area contributed by atoms with Crippen LogP contribution in [-0.2, 0) is 5.60 Å². The molecule has 1 nitrogen and oxygen atoms in total. The van der Waals surface area contributed by atoms with E-state index in [0.29, 0.717) is 0 Å². The minimum Gasteiger partial charge on any atom is -0.385 e. The van der Waals surface area contributed by atoms with Gasteiger partial charge >= 0.3 is 0 Å². The van der Waals surface area contributed by atoms with Crippen molar-refractivity contribution in [2.75, 3.05) is 0 Å². The zero-order chi connectivity index (χ0) is 13.5. The first kappa shape index (κ1) is 12.7. The number of aliphatic hydroxyl groups is 1. The van der Waals surface area contributed by atoms with Gasteiger partial charge in [0, 0.05) is 0 Å². The lowest BCUT2D eigenvalue weighted by molar-refractivity contribution is -0.103. The third kappa shape index (κ3) is 1.97. The monoisotopic (exact) mass is 254 g/mol. The molecule has 1 unspecified atom stereocenters. The molecule has 1 saturated carbocycles. The van der Waals surface area contributed by atoms with Crippen LogP contribution in [0.3, 0.4) is 0 Å². The van der Waals surface area contributed by atoms with Gasteiger partial charge < -0.3 is 5.11 Å². The van der Waals surface area contributed by atoms with Gasteiger partial charge in [-0.3, -0.25) is 0 Å². The van der Waals surface area contributed by atoms with E-state index in [2.05, 4.69) is 56.3 Å². The molecule has 0 amide bonds. The third-order valence-electron chi connectivity index (χ3n) is 4.94. The second kappa shape index (κ2) is 4.35. The third-order valence-corrected chi connectivity index (χ3v) is 4.94. The highest BCUT2D eigenvalue weighted by Gasteiger charge is 2.46. The van der Waals surface area contributed by atoms with E-state index in [1.54, 1.807) is 0 Å². The molecular weight excluding hydrogens is 232 g/mol. The normalized spacial score (nSPS) is 26.5. The summed E-state index contributed by atoms with van der Waals surface area (Å²) in [6.45, 7) is 4.39. The van der Waals surface area contributed by atoms with E-state index in [9.17, 15) is 5.11 Å². The van der Waals surface area contributed by atoms with Crippen molar-refractivity contribution in [2.24, 2.45) is 5.41 Å². The van der Waals surface area contributed by atoms with Crippen LogP contribution in [-0.4, -0.2) is 5.11 Å². The number of rotatable bonds is 1. The van der Waals surface area contributed by atoms with Gasteiger partial charge in [-0.15, -0.1) is 0 Å². The van der Waals surface area contributed by atoms with Crippen LogP contribution in [0.1, 0.15) is 45.1 Å². The molecule has 19 heavy (non-hydrogen) atoms. The van der Waals surface area contributed by atoms with Crippen LogP contribution in [0.25, 0.3) is 10.8 Å². The highest BCUT2D eigenvalue weighted by Crippen LogP contribution is 2.50. The molecule has 0 bridgehead atoms. The molecule has 2 aromatic carbocycles. The first-order chi connectivity index (χ1) is 9.03. The topological polar surface area (TPSA) is 20.2 Å². The van der Waals surface area contributed by atoms with E-state index >= 15 is 0 Å². The molecule has 3 rings (SSSR count). The van der Waals surface area contributed by atoms with Crippen molar-refractivity contribution in [3.05, 3.63) is 48.0 Å². The molecule has 0 aromatic heterocycles. The Morgan fingerprint density at radius 3 is 2.32 bits per heavy atom. The molecule has 0 spiro atoms. The number of hydrogen-bond acceptors (Lipinski definition) is 1. The largest absolute Gasteiger partial charge is 0.385 e. The molecule has 2 aromatic rings. The Hall–Kier alpha value is -1.34. The SMILES string of the molecule is CC1(C)CCCCC1(O)c1ccc2ccccc2c1.